The van der Waals surface area contributed by atoms with E-state index in [0.29, 0.717) is 12.8 Å². The summed E-state index contributed by atoms with van der Waals surface area (Å²) in [6.45, 7) is 0.436. The zero-order chi connectivity index (χ0) is 30.0. The van der Waals surface area contributed by atoms with Crippen molar-refractivity contribution in [2.45, 2.75) is 119 Å². The molecule has 0 radical (unpaired) electrons. The monoisotopic (exact) mass is 584 g/mol. The molecule has 2 fully saturated rings. The summed E-state index contributed by atoms with van der Waals surface area (Å²) < 4.78 is 26.1. The Balaban J connectivity index is 1.99. The molecule has 0 aromatic heterocycles. The molecule has 2 aliphatic rings. The molecule has 0 saturated carbocycles. The van der Waals surface area contributed by atoms with Gasteiger partial charge in [0.05, 0.1) is 13.2 Å². The molecule has 2 aliphatic heterocycles. The highest BCUT2D eigenvalue weighted by Crippen LogP contribution is 2.29. The van der Waals surface area contributed by atoms with E-state index in [0.717, 1.165) is 12.8 Å². The molecule has 0 amide bonds. The van der Waals surface area contributed by atoms with Crippen molar-refractivity contribution in [3.8, 4) is 0 Å². The number of carbonyl (C=O) groups excluding carboxylic acids is 2. The van der Waals surface area contributed by atoms with Gasteiger partial charge >= 0.3 is 17.9 Å². The minimum Gasteiger partial charge on any atom is -0.473 e. The molecule has 16 heteroatoms. The first-order valence-electron chi connectivity index (χ1n) is 13.2. The van der Waals surface area contributed by atoms with E-state index >= 15 is 0 Å². The van der Waals surface area contributed by atoms with E-state index in [2.05, 4.69) is 0 Å². The third kappa shape index (κ3) is 9.27. The number of rotatable bonds is 14. The predicted octanol–water partition coefficient (Wildman–Crippen LogP) is -3.10. The Morgan fingerprint density at radius 3 is 1.93 bits per heavy atom. The van der Waals surface area contributed by atoms with Crippen LogP contribution in [0.25, 0.3) is 0 Å². The molecule has 1 unspecified atom stereocenters. The normalized spacial score (nSPS) is 35.1. The molecule has 11 atom stereocenters. The summed E-state index contributed by atoms with van der Waals surface area (Å²) in [5.74, 6) is -4.02. The quantitative estimate of drug-likeness (QED) is 0.0571. The van der Waals surface area contributed by atoms with Gasteiger partial charge in [0.15, 0.2) is 18.7 Å². The fraction of sp³-hybridized carbons (Fsp3) is 0.875. The number of unbranched alkanes of at least 4 members (excludes halogenated alkanes) is 2. The molecule has 0 aliphatic carbocycles. The number of carboxylic acids is 1. The second kappa shape index (κ2) is 16.5. The molecule has 0 aromatic rings. The van der Waals surface area contributed by atoms with Crippen LogP contribution in [0.3, 0.4) is 0 Å². The summed E-state index contributed by atoms with van der Waals surface area (Å²) >= 11 is 0. The van der Waals surface area contributed by atoms with Gasteiger partial charge < -0.3 is 64.5 Å². The smallest absolute Gasteiger partial charge is 0.417 e. The first kappa shape index (κ1) is 34.2. The molecular formula is C24H40O16. The van der Waals surface area contributed by atoms with E-state index in [1.807, 2.05) is 6.92 Å². The molecule has 2 saturated heterocycles. The summed E-state index contributed by atoms with van der Waals surface area (Å²) in [4.78, 5) is 34.8. The lowest BCUT2D eigenvalue weighted by molar-refractivity contribution is -0.376. The Labute approximate surface area is 230 Å². The average Bonchev–Trinajstić information content (AvgIpc) is 2.92. The van der Waals surface area contributed by atoms with Crippen molar-refractivity contribution in [2.75, 3.05) is 13.2 Å². The number of aliphatic hydroxyl groups excluding tert-OH is 7. The van der Waals surface area contributed by atoms with Gasteiger partial charge in [-0.15, -0.1) is 0 Å². The number of ether oxygens (including phenoxy) is 5. The second-order valence-electron chi connectivity index (χ2n) is 9.71. The third-order valence-electron chi connectivity index (χ3n) is 6.69. The zero-order valence-corrected chi connectivity index (χ0v) is 22.1. The minimum atomic E-state index is -1.87. The van der Waals surface area contributed by atoms with E-state index in [4.69, 9.17) is 28.8 Å². The van der Waals surface area contributed by atoms with Crippen LogP contribution >= 0.6 is 0 Å². The number of aliphatic hydroxyl groups is 7. The summed E-state index contributed by atoms with van der Waals surface area (Å²) in [6.07, 6.45) is -14.7. The Kier molecular flexibility index (Phi) is 14.1. The van der Waals surface area contributed by atoms with Crippen LogP contribution in [-0.4, -0.2) is 139 Å². The van der Waals surface area contributed by atoms with E-state index in [9.17, 15) is 50.1 Å². The maximum Gasteiger partial charge on any atom is 0.417 e. The Hall–Kier alpha value is -1.99. The Morgan fingerprint density at radius 2 is 1.35 bits per heavy atom. The van der Waals surface area contributed by atoms with Crippen LogP contribution in [0.5, 0.6) is 0 Å². The van der Waals surface area contributed by atoms with E-state index < -0.39 is 98.6 Å². The highest BCUT2D eigenvalue weighted by atomic mass is 16.8. The van der Waals surface area contributed by atoms with Crippen molar-refractivity contribution in [1.82, 2.24) is 0 Å². The van der Waals surface area contributed by atoms with Gasteiger partial charge in [-0.25, -0.2) is 9.59 Å². The largest absolute Gasteiger partial charge is 0.473 e. The molecule has 2 heterocycles. The van der Waals surface area contributed by atoms with Crippen LogP contribution in [0.15, 0.2) is 0 Å². The van der Waals surface area contributed by atoms with Crippen molar-refractivity contribution in [3.63, 3.8) is 0 Å². The standard InChI is InChI=1S/C24H40O16/c1-2-3-4-6-11(36-22(35)21(33)34)7-5-8-14(27)39-20-16(29)13(10-26)38-24(19(20)32)40-23-18(31)17(30)15(28)12(9-25)37-23/h11-13,15-20,23-26,28-32H,2-10H2,1H3,(H,33,34)/t11?,12-,13-,15-,16-,17+,18-,19-,20+,23-,24-/m1/s1. The fourth-order valence-electron chi connectivity index (χ4n) is 4.39. The van der Waals surface area contributed by atoms with Crippen LogP contribution < -0.4 is 0 Å². The summed E-state index contributed by atoms with van der Waals surface area (Å²) in [6, 6.07) is 0. The summed E-state index contributed by atoms with van der Waals surface area (Å²) in [5, 5.41) is 79.0. The van der Waals surface area contributed by atoms with E-state index in [1.165, 1.54) is 0 Å². The predicted molar refractivity (Wildman–Crippen MR) is 128 cm³/mol. The minimum absolute atomic E-state index is 0.117. The lowest BCUT2D eigenvalue weighted by Gasteiger charge is -2.45. The molecule has 40 heavy (non-hydrogen) atoms. The number of esters is 2. The second-order valence-corrected chi connectivity index (χ2v) is 9.71. The number of hydrogen-bond donors (Lipinski definition) is 8. The van der Waals surface area contributed by atoms with Crippen molar-refractivity contribution in [1.29, 1.82) is 0 Å². The number of carbonyl (C=O) groups is 3. The number of aliphatic carboxylic acids is 1. The van der Waals surface area contributed by atoms with Crippen LogP contribution in [-0.2, 0) is 38.1 Å². The van der Waals surface area contributed by atoms with Gasteiger partial charge in [-0.05, 0) is 25.7 Å². The van der Waals surface area contributed by atoms with Crippen LogP contribution in [0.2, 0.25) is 0 Å². The summed E-state index contributed by atoms with van der Waals surface area (Å²) in [5.41, 5.74) is 0. The molecular weight excluding hydrogens is 544 g/mol. The molecule has 0 spiro atoms. The van der Waals surface area contributed by atoms with Crippen molar-refractivity contribution >= 4 is 17.9 Å². The number of carboxylic acid groups (broad SMARTS) is 1. The lowest BCUT2D eigenvalue weighted by Crippen LogP contribution is -2.64. The molecule has 0 bridgehead atoms. The topological polar surface area (TPSA) is 259 Å². The van der Waals surface area contributed by atoms with Gasteiger partial charge in [-0.2, -0.15) is 0 Å². The Morgan fingerprint density at radius 1 is 0.775 bits per heavy atom. The third-order valence-corrected chi connectivity index (χ3v) is 6.69. The van der Waals surface area contributed by atoms with Crippen LogP contribution in [0.4, 0.5) is 0 Å². The highest BCUT2D eigenvalue weighted by Gasteiger charge is 2.51. The van der Waals surface area contributed by atoms with Gasteiger partial charge in [0, 0.05) is 6.42 Å². The first-order valence-corrected chi connectivity index (χ1v) is 13.2. The SMILES string of the molecule is CCCCCC(CCCC(=O)O[C@@H]1[C@@H](O)[C@@H](O[C@H]2O[C@H](CO)[C@@H](O)[C@H](O)[C@H]2O)O[C@H](CO)[C@H]1O)OC(=O)C(=O)O. The Bertz CT molecular complexity index is 808. The molecule has 2 rings (SSSR count). The molecule has 8 N–H and O–H groups in total. The van der Waals surface area contributed by atoms with E-state index in [1.54, 1.807) is 0 Å². The number of hydrogen-bond acceptors (Lipinski definition) is 15. The van der Waals surface area contributed by atoms with Gasteiger partial charge in [-0.3, -0.25) is 4.79 Å². The van der Waals surface area contributed by atoms with Gasteiger partial charge in [0.2, 0.25) is 0 Å². The van der Waals surface area contributed by atoms with Crippen molar-refractivity contribution in [3.05, 3.63) is 0 Å². The average molecular weight is 585 g/mol. The van der Waals surface area contributed by atoms with Crippen molar-refractivity contribution in [2.24, 2.45) is 0 Å². The summed E-state index contributed by atoms with van der Waals surface area (Å²) in [7, 11) is 0. The van der Waals surface area contributed by atoms with Gasteiger partial charge in [0.25, 0.3) is 0 Å². The maximum absolute atomic E-state index is 12.5. The molecule has 232 valence electrons. The fourth-order valence-corrected chi connectivity index (χ4v) is 4.39. The van der Waals surface area contributed by atoms with Crippen LogP contribution in [0.1, 0.15) is 51.9 Å². The first-order chi connectivity index (χ1) is 18.9. The highest BCUT2D eigenvalue weighted by molar-refractivity contribution is 6.28. The van der Waals surface area contributed by atoms with Gasteiger partial charge in [-0.1, -0.05) is 19.8 Å². The van der Waals surface area contributed by atoms with Gasteiger partial charge in [0.1, 0.15) is 48.8 Å². The zero-order valence-electron chi connectivity index (χ0n) is 22.1. The lowest BCUT2D eigenvalue weighted by atomic mass is 9.98. The van der Waals surface area contributed by atoms with E-state index in [-0.39, 0.29) is 19.3 Å². The van der Waals surface area contributed by atoms with Crippen molar-refractivity contribution < 1.29 is 78.9 Å². The maximum atomic E-state index is 12.5. The molecule has 0 aromatic carbocycles. The van der Waals surface area contributed by atoms with Crippen LogP contribution in [0, 0.1) is 0 Å². The molecule has 16 nitrogen and oxygen atoms in total.